The fourth-order valence-electron chi connectivity index (χ4n) is 1.00. The van der Waals surface area contributed by atoms with Crippen molar-refractivity contribution in [2.45, 2.75) is 31.7 Å². The van der Waals surface area contributed by atoms with Gasteiger partial charge in [0.25, 0.3) is 0 Å². The molecule has 0 aliphatic heterocycles. The Balaban J connectivity index is 4.17. The van der Waals surface area contributed by atoms with Crippen LogP contribution in [0.2, 0.25) is 0 Å². The zero-order valence-electron chi connectivity index (χ0n) is 10.9. The summed E-state index contributed by atoms with van der Waals surface area (Å²) in [5.74, 6) is 5.34. The third-order valence-electron chi connectivity index (χ3n) is 1.88. The lowest BCUT2D eigenvalue weighted by Gasteiger charge is -2.23. The Morgan fingerprint density at radius 3 is 1.24 bits per heavy atom. The number of carbonyl (C=O) groups is 4. The molecule has 0 rings (SSSR count). The average Bonchev–Trinajstić information content (AvgIpc) is 2.40. The molecule has 0 fully saturated rings. The van der Waals surface area contributed by atoms with Crippen LogP contribution in [0.25, 0.3) is 0 Å². The topological polar surface area (TPSA) is 209 Å². The first-order valence-electron chi connectivity index (χ1n) is 5.50. The summed E-state index contributed by atoms with van der Waals surface area (Å²) in [7, 11) is 0. The highest BCUT2D eigenvalue weighted by molar-refractivity contribution is 5.79. The first-order valence-corrected chi connectivity index (χ1v) is 5.50. The van der Waals surface area contributed by atoms with Crippen LogP contribution in [0, 0.1) is 0 Å². The molecule has 21 heavy (non-hydrogen) atoms. The molecule has 0 heterocycles. The number of hydrogen-bond acceptors (Lipinski definition) is 12. The Hall–Kier alpha value is -2.28. The molecule has 0 unspecified atom stereocenters. The second-order valence-corrected chi connectivity index (χ2v) is 3.65. The lowest BCUT2D eigenvalue weighted by atomic mass is 10.3. The van der Waals surface area contributed by atoms with Gasteiger partial charge in [-0.15, -0.1) is 0 Å². The van der Waals surface area contributed by atoms with Gasteiger partial charge in [-0.1, -0.05) is 0 Å². The van der Waals surface area contributed by atoms with Gasteiger partial charge >= 0.3 is 29.9 Å². The van der Waals surface area contributed by atoms with Gasteiger partial charge in [-0.25, -0.2) is 11.5 Å². The lowest BCUT2D eigenvalue weighted by Crippen LogP contribution is -2.56. The lowest BCUT2D eigenvalue weighted by molar-refractivity contribution is -0.225. The third kappa shape index (κ3) is 9.28. The summed E-state index contributed by atoms with van der Waals surface area (Å²) in [6.07, 6.45) is -1.63. The van der Waals surface area contributed by atoms with Crippen LogP contribution in [-0.4, -0.2) is 29.9 Å². The summed E-state index contributed by atoms with van der Waals surface area (Å²) in [6, 6.07) is -2.55. The van der Waals surface area contributed by atoms with Crippen LogP contribution < -0.4 is 23.3 Å². The van der Waals surface area contributed by atoms with Crippen LogP contribution in [0.5, 0.6) is 0 Å². The monoisotopic (exact) mass is 308 g/mol. The molecular weight excluding hydrogens is 292 g/mol. The normalized spacial score (nSPS) is 10.5. The highest BCUT2D eigenvalue weighted by Crippen LogP contribution is 2.05. The Morgan fingerprint density at radius 2 is 0.952 bits per heavy atom. The van der Waals surface area contributed by atoms with Gasteiger partial charge in [0, 0.05) is 0 Å². The maximum Gasteiger partial charge on any atom is 0.380 e. The predicted octanol–water partition coefficient (Wildman–Crippen LogP) is -3.00. The number of rotatable bonds is 8. The highest BCUT2D eigenvalue weighted by atomic mass is 16.8. The van der Waals surface area contributed by atoms with E-state index in [1.807, 2.05) is 0 Å². The highest BCUT2D eigenvalue weighted by Gasteiger charge is 2.29. The minimum absolute atomic E-state index is 0.373. The van der Waals surface area contributed by atoms with Crippen LogP contribution >= 0.6 is 0 Å². The Bertz CT molecular complexity index is 375. The fourth-order valence-corrected chi connectivity index (χ4v) is 1.00. The van der Waals surface area contributed by atoms with E-state index in [-0.39, 0.29) is 12.8 Å². The Morgan fingerprint density at radius 1 is 0.667 bits per heavy atom. The van der Waals surface area contributed by atoms with Crippen molar-refractivity contribution in [2.24, 2.45) is 23.3 Å². The summed E-state index contributed by atoms with van der Waals surface area (Å²) in [6.45, 7) is 0. The van der Waals surface area contributed by atoms with Crippen molar-refractivity contribution < 1.29 is 38.3 Å². The van der Waals surface area contributed by atoms with Gasteiger partial charge < -0.3 is 19.1 Å². The molecule has 120 valence electrons. The van der Waals surface area contributed by atoms with Gasteiger partial charge in [0.1, 0.15) is 0 Å². The van der Waals surface area contributed by atoms with E-state index in [1.165, 1.54) is 0 Å². The molecule has 12 nitrogen and oxygen atoms in total. The summed E-state index contributed by atoms with van der Waals surface area (Å²) in [5.41, 5.74) is 10.4. The van der Waals surface area contributed by atoms with E-state index in [1.54, 1.807) is 0 Å². The van der Waals surface area contributed by atoms with Crippen molar-refractivity contribution in [1.82, 2.24) is 0 Å². The molecule has 0 aromatic carbocycles. The smallest absolute Gasteiger partial charge is 0.380 e. The Labute approximate surface area is 118 Å². The number of ether oxygens (including phenoxy) is 2. The van der Waals surface area contributed by atoms with Gasteiger partial charge in [-0.05, 0) is 0 Å². The van der Waals surface area contributed by atoms with Crippen molar-refractivity contribution in [3.8, 4) is 0 Å². The molecule has 0 saturated carbocycles. The van der Waals surface area contributed by atoms with E-state index < -0.39 is 42.8 Å². The summed E-state index contributed by atoms with van der Waals surface area (Å²) < 4.78 is 8.84. The summed E-state index contributed by atoms with van der Waals surface area (Å²) in [4.78, 5) is 51.5. The number of nitrogens with two attached hydrogens (primary N) is 4. The van der Waals surface area contributed by atoms with Crippen molar-refractivity contribution in [2.75, 3.05) is 0 Å². The van der Waals surface area contributed by atoms with E-state index in [2.05, 4.69) is 30.9 Å². The SMILES string of the molecule is NOC(=O)CCC(=O)OC(N)(N)OC(=O)CCC(=O)ON. The quantitative estimate of drug-likeness (QED) is 0.201. The van der Waals surface area contributed by atoms with Crippen LogP contribution in [0.15, 0.2) is 0 Å². The molecule has 0 atom stereocenters. The first kappa shape index (κ1) is 18.7. The molecule has 0 amide bonds. The van der Waals surface area contributed by atoms with Crippen molar-refractivity contribution in [3.05, 3.63) is 0 Å². The molecule has 12 heteroatoms. The largest absolute Gasteiger partial charge is 0.395 e. The Kier molecular flexibility index (Phi) is 7.85. The van der Waals surface area contributed by atoms with E-state index in [4.69, 9.17) is 11.5 Å². The van der Waals surface area contributed by atoms with Crippen LogP contribution in [0.4, 0.5) is 0 Å². The zero-order valence-corrected chi connectivity index (χ0v) is 10.9. The minimum atomic E-state index is -2.55. The van der Waals surface area contributed by atoms with Crippen molar-refractivity contribution in [3.63, 3.8) is 0 Å². The van der Waals surface area contributed by atoms with Gasteiger partial charge in [0.05, 0.1) is 25.7 Å². The third-order valence-corrected chi connectivity index (χ3v) is 1.88. The molecule has 0 aliphatic rings. The van der Waals surface area contributed by atoms with Crippen LogP contribution in [0.1, 0.15) is 25.7 Å². The van der Waals surface area contributed by atoms with Crippen LogP contribution in [-0.2, 0) is 38.3 Å². The van der Waals surface area contributed by atoms with E-state index in [0.29, 0.717) is 0 Å². The standard InChI is InChI=1S/C9H16N4O8/c10-9(11,18-5(14)1-3-7(16)20-12)19-6(15)2-4-8(17)21-13/h1-4,10-13H2. The van der Waals surface area contributed by atoms with Gasteiger partial charge in [-0.2, -0.15) is 11.8 Å². The average molecular weight is 308 g/mol. The molecule has 0 aromatic heterocycles. The van der Waals surface area contributed by atoms with Crippen LogP contribution in [0.3, 0.4) is 0 Å². The molecule has 0 saturated heterocycles. The predicted molar refractivity (Wildman–Crippen MR) is 62.3 cm³/mol. The molecule has 0 aliphatic carbocycles. The van der Waals surface area contributed by atoms with E-state index in [0.717, 1.165) is 0 Å². The maximum atomic E-state index is 11.3. The first-order chi connectivity index (χ1) is 9.70. The summed E-state index contributed by atoms with van der Waals surface area (Å²) in [5, 5.41) is 0. The number of carbonyl (C=O) groups excluding carboxylic acids is 4. The molecule has 0 radical (unpaired) electrons. The number of esters is 2. The van der Waals surface area contributed by atoms with Gasteiger partial charge in [0.2, 0.25) is 0 Å². The van der Waals surface area contributed by atoms with Gasteiger partial charge in [-0.3, -0.25) is 19.2 Å². The maximum absolute atomic E-state index is 11.3. The second-order valence-electron chi connectivity index (χ2n) is 3.65. The zero-order chi connectivity index (χ0) is 16.5. The molecule has 0 spiro atoms. The van der Waals surface area contributed by atoms with Crippen molar-refractivity contribution >= 4 is 23.9 Å². The van der Waals surface area contributed by atoms with E-state index in [9.17, 15) is 19.2 Å². The van der Waals surface area contributed by atoms with Crippen molar-refractivity contribution in [1.29, 1.82) is 0 Å². The minimum Gasteiger partial charge on any atom is -0.395 e. The molecular formula is C9H16N4O8. The van der Waals surface area contributed by atoms with E-state index >= 15 is 0 Å². The van der Waals surface area contributed by atoms with Gasteiger partial charge in [0.15, 0.2) is 0 Å². The molecule has 0 bridgehead atoms. The summed E-state index contributed by atoms with van der Waals surface area (Å²) >= 11 is 0. The fraction of sp³-hybridized carbons (Fsp3) is 0.556. The molecule has 8 N–H and O–H groups in total. The second kappa shape index (κ2) is 8.80. The number of hydrogen-bond donors (Lipinski definition) is 4. The molecule has 0 aromatic rings.